The zero-order valence-electron chi connectivity index (χ0n) is 19.6. The van der Waals surface area contributed by atoms with Gasteiger partial charge in [-0.25, -0.2) is 4.99 Å². The van der Waals surface area contributed by atoms with Gasteiger partial charge in [-0.05, 0) is 67.8 Å². The summed E-state index contributed by atoms with van der Waals surface area (Å²) in [6.45, 7) is 3.38. The van der Waals surface area contributed by atoms with Crippen LogP contribution >= 0.6 is 11.3 Å². The summed E-state index contributed by atoms with van der Waals surface area (Å²) >= 11 is 1.18. The lowest BCUT2D eigenvalue weighted by molar-refractivity contribution is 0.101. The molecule has 0 aliphatic carbocycles. The minimum atomic E-state index is -0.245. The number of nitrogens with one attached hydrogen (secondary N) is 3. The summed E-state index contributed by atoms with van der Waals surface area (Å²) in [5.41, 5.74) is 5.04. The minimum absolute atomic E-state index is 0.0457. The second kappa shape index (κ2) is 9.63. The highest BCUT2D eigenvalue weighted by Gasteiger charge is 2.13. The number of ketones is 1. The van der Waals surface area contributed by atoms with Crippen LogP contribution in [0.15, 0.2) is 65.7 Å². The predicted molar refractivity (Wildman–Crippen MR) is 142 cm³/mol. The number of rotatable bonds is 7. The lowest BCUT2D eigenvalue weighted by atomic mass is 10.0. The van der Waals surface area contributed by atoms with Crippen LogP contribution in [0.5, 0.6) is 5.88 Å². The number of carbonyl (C=O) groups excluding carboxylic acids is 2. The van der Waals surface area contributed by atoms with Crippen molar-refractivity contribution in [1.29, 1.82) is 0 Å². The first-order valence-electron chi connectivity index (χ1n) is 11.3. The van der Waals surface area contributed by atoms with Gasteiger partial charge in [-0.3, -0.25) is 14.7 Å². The number of aliphatic imine (C=N–C) groups is 1. The fraction of sp³-hybridized carbons (Fsp3) is 0.111. The normalized spacial score (nSPS) is 11.4. The van der Waals surface area contributed by atoms with Gasteiger partial charge >= 0.3 is 0 Å². The van der Waals surface area contributed by atoms with Crippen LogP contribution in [0.4, 0.5) is 11.5 Å². The Kier molecular flexibility index (Phi) is 6.22. The monoisotopic (exact) mass is 497 g/mol. The van der Waals surface area contributed by atoms with Gasteiger partial charge in [-0.15, -0.1) is 11.3 Å². The standard InChI is InChI=1S/C27H23N5O3S/c1-15-10-25(32-31-15)28-14-21-20-13-18(6-7-22(20)30-26(21)34)11-17-4-3-5-19(12-17)29-27(35)24-9-8-23(36-24)16(2)33/h3-10,12-14,30,34H,11H2,1-2H3,(H,29,35)(H,31,32). The van der Waals surface area contributed by atoms with Gasteiger partial charge in [-0.2, -0.15) is 5.10 Å². The number of Topliss-reactive ketones (excluding diaryl/α,β-unsaturated/α-hetero) is 1. The van der Waals surface area contributed by atoms with E-state index in [0.29, 0.717) is 33.2 Å². The molecule has 0 radical (unpaired) electrons. The molecular formula is C27H23N5O3S. The molecule has 5 aromatic rings. The van der Waals surface area contributed by atoms with E-state index in [-0.39, 0.29) is 17.6 Å². The molecule has 2 aromatic carbocycles. The number of aromatic amines is 2. The molecular weight excluding hydrogens is 474 g/mol. The molecule has 0 spiro atoms. The van der Waals surface area contributed by atoms with Gasteiger partial charge in [0.2, 0.25) is 0 Å². The van der Waals surface area contributed by atoms with E-state index >= 15 is 0 Å². The lowest BCUT2D eigenvalue weighted by Gasteiger charge is -2.07. The van der Waals surface area contributed by atoms with Gasteiger partial charge in [0, 0.05) is 34.6 Å². The molecule has 3 heterocycles. The SMILES string of the molecule is CC(=O)c1ccc(C(=O)Nc2cccc(Cc3ccc4[nH]c(O)c(C=Nc5cc(C)[nH]n5)c4c3)c2)s1. The van der Waals surface area contributed by atoms with Crippen molar-refractivity contribution in [2.24, 2.45) is 4.99 Å². The van der Waals surface area contributed by atoms with Crippen molar-refractivity contribution in [3.63, 3.8) is 0 Å². The van der Waals surface area contributed by atoms with E-state index in [2.05, 4.69) is 25.5 Å². The molecule has 1 amide bonds. The average molecular weight is 498 g/mol. The number of hydrogen-bond donors (Lipinski definition) is 4. The Morgan fingerprint density at radius 2 is 1.89 bits per heavy atom. The molecule has 0 atom stereocenters. The van der Waals surface area contributed by atoms with Crippen LogP contribution in [0.3, 0.4) is 0 Å². The molecule has 0 unspecified atom stereocenters. The maximum Gasteiger partial charge on any atom is 0.265 e. The molecule has 5 rings (SSSR count). The Hall–Kier alpha value is -4.50. The Labute approximate surface area is 210 Å². The Balaban J connectivity index is 1.35. The summed E-state index contributed by atoms with van der Waals surface area (Å²) in [5.74, 6) is 0.282. The van der Waals surface area contributed by atoms with E-state index in [4.69, 9.17) is 0 Å². The number of aromatic nitrogens is 3. The second-order valence-electron chi connectivity index (χ2n) is 8.49. The van der Waals surface area contributed by atoms with Crippen LogP contribution in [0.1, 0.15) is 48.7 Å². The van der Waals surface area contributed by atoms with Crippen molar-refractivity contribution < 1.29 is 14.7 Å². The number of nitrogens with zero attached hydrogens (tertiary/aromatic N) is 2. The zero-order chi connectivity index (χ0) is 25.2. The molecule has 0 bridgehead atoms. The van der Waals surface area contributed by atoms with E-state index in [1.54, 1.807) is 18.3 Å². The Morgan fingerprint density at radius 1 is 1.08 bits per heavy atom. The minimum Gasteiger partial charge on any atom is -0.494 e. The molecule has 8 nitrogen and oxygen atoms in total. The van der Waals surface area contributed by atoms with Crippen LogP contribution in [0, 0.1) is 6.92 Å². The van der Waals surface area contributed by atoms with Gasteiger partial charge < -0.3 is 15.4 Å². The van der Waals surface area contributed by atoms with E-state index in [1.807, 2.05) is 55.5 Å². The quantitative estimate of drug-likeness (QED) is 0.168. The highest BCUT2D eigenvalue weighted by Crippen LogP contribution is 2.28. The lowest BCUT2D eigenvalue weighted by Crippen LogP contribution is -2.10. The number of benzene rings is 2. The van der Waals surface area contributed by atoms with Crippen LogP contribution < -0.4 is 5.32 Å². The molecule has 9 heteroatoms. The first kappa shape index (κ1) is 23.3. The number of aryl methyl sites for hydroxylation is 1. The second-order valence-corrected chi connectivity index (χ2v) is 9.57. The van der Waals surface area contributed by atoms with Gasteiger partial charge in [-0.1, -0.05) is 18.2 Å². The topological polar surface area (TPSA) is 123 Å². The van der Waals surface area contributed by atoms with Gasteiger partial charge in [0.05, 0.1) is 15.3 Å². The van der Waals surface area contributed by atoms with Crippen molar-refractivity contribution >= 4 is 51.6 Å². The van der Waals surface area contributed by atoms with E-state index in [0.717, 1.165) is 27.7 Å². The van der Waals surface area contributed by atoms with Crippen LogP contribution in [0.2, 0.25) is 0 Å². The molecule has 3 aromatic heterocycles. The highest BCUT2D eigenvalue weighted by atomic mass is 32.1. The van der Waals surface area contributed by atoms with Crippen molar-refractivity contribution in [2.75, 3.05) is 5.32 Å². The van der Waals surface area contributed by atoms with Crippen molar-refractivity contribution in [2.45, 2.75) is 20.3 Å². The molecule has 0 aliphatic heterocycles. The van der Waals surface area contributed by atoms with E-state index in [9.17, 15) is 14.7 Å². The summed E-state index contributed by atoms with van der Waals surface area (Å²) in [5, 5.41) is 21.1. The van der Waals surface area contributed by atoms with Gasteiger partial charge in [0.15, 0.2) is 17.5 Å². The molecule has 0 aliphatic rings. The van der Waals surface area contributed by atoms with E-state index < -0.39 is 0 Å². The van der Waals surface area contributed by atoms with Crippen molar-refractivity contribution in [3.05, 3.63) is 92.8 Å². The fourth-order valence-electron chi connectivity index (χ4n) is 3.92. The van der Waals surface area contributed by atoms with Crippen molar-refractivity contribution in [1.82, 2.24) is 15.2 Å². The molecule has 36 heavy (non-hydrogen) atoms. The van der Waals surface area contributed by atoms with Crippen LogP contribution in [0.25, 0.3) is 10.9 Å². The maximum atomic E-state index is 12.6. The Bertz CT molecular complexity index is 1630. The predicted octanol–water partition coefficient (Wildman–Crippen LogP) is 5.76. The number of fused-ring (bicyclic) bond motifs is 1. The number of aromatic hydroxyl groups is 1. The summed E-state index contributed by atoms with van der Waals surface area (Å²) in [7, 11) is 0. The molecule has 4 N–H and O–H groups in total. The smallest absolute Gasteiger partial charge is 0.265 e. The first-order chi connectivity index (χ1) is 17.4. The van der Waals surface area contributed by atoms with Gasteiger partial charge in [0.1, 0.15) is 0 Å². The number of H-pyrrole nitrogens is 2. The number of thiophene rings is 1. The summed E-state index contributed by atoms with van der Waals surface area (Å²) in [6.07, 6.45) is 2.24. The first-order valence-corrected chi connectivity index (χ1v) is 12.1. The van der Waals surface area contributed by atoms with Crippen molar-refractivity contribution in [3.8, 4) is 5.88 Å². The van der Waals surface area contributed by atoms with E-state index in [1.165, 1.54) is 18.3 Å². The third-order valence-corrected chi connectivity index (χ3v) is 6.86. The Morgan fingerprint density at radius 3 is 2.64 bits per heavy atom. The summed E-state index contributed by atoms with van der Waals surface area (Å²) < 4.78 is 0. The molecule has 0 saturated carbocycles. The number of hydrogen-bond acceptors (Lipinski definition) is 6. The third kappa shape index (κ3) is 4.96. The molecule has 0 fully saturated rings. The average Bonchev–Trinajstić information content (AvgIpc) is 3.57. The van der Waals surface area contributed by atoms with Crippen LogP contribution in [-0.4, -0.2) is 38.2 Å². The van der Waals surface area contributed by atoms with Crippen LogP contribution in [-0.2, 0) is 6.42 Å². The fourth-order valence-corrected chi connectivity index (χ4v) is 4.72. The number of carbonyl (C=O) groups is 2. The third-order valence-electron chi connectivity index (χ3n) is 5.67. The zero-order valence-corrected chi connectivity index (χ0v) is 20.4. The molecule has 0 saturated heterocycles. The largest absolute Gasteiger partial charge is 0.494 e. The highest BCUT2D eigenvalue weighted by molar-refractivity contribution is 7.16. The summed E-state index contributed by atoms with van der Waals surface area (Å²) in [4.78, 5) is 32.5. The molecule has 180 valence electrons. The summed E-state index contributed by atoms with van der Waals surface area (Å²) in [6, 6.07) is 18.7. The van der Waals surface area contributed by atoms with Gasteiger partial charge in [0.25, 0.3) is 5.91 Å². The number of anilines is 1. The maximum absolute atomic E-state index is 12.6. The number of amides is 1.